The monoisotopic (exact) mass is 525 g/mol. The van der Waals surface area contributed by atoms with Crippen LogP contribution in [0.25, 0.3) is 11.6 Å². The van der Waals surface area contributed by atoms with Crippen LogP contribution in [0, 0.1) is 20.8 Å². The third-order valence-corrected chi connectivity index (χ3v) is 7.76. The molecule has 3 heterocycles. The van der Waals surface area contributed by atoms with Crippen LogP contribution < -0.4 is 10.6 Å². The van der Waals surface area contributed by atoms with Gasteiger partial charge in [0.1, 0.15) is 0 Å². The second-order valence-electron chi connectivity index (χ2n) is 10.6. The summed E-state index contributed by atoms with van der Waals surface area (Å²) in [6.45, 7) is 10.9. The number of piperazine rings is 1. The molecular weight excluding hydrogens is 490 g/mol. The maximum absolute atomic E-state index is 13.3. The summed E-state index contributed by atoms with van der Waals surface area (Å²) < 4.78 is 0. The average Bonchev–Trinajstić information content (AvgIpc) is 3.38. The minimum atomic E-state index is -0.242. The normalized spacial score (nSPS) is 17.2. The van der Waals surface area contributed by atoms with E-state index in [0.29, 0.717) is 46.7 Å². The maximum atomic E-state index is 13.3. The predicted molar refractivity (Wildman–Crippen MR) is 154 cm³/mol. The molecule has 1 saturated heterocycles. The molecule has 5 rings (SSSR count). The molecule has 0 radical (unpaired) electrons. The molecular formula is C31H35N5O3. The average molecular weight is 526 g/mol. The van der Waals surface area contributed by atoms with Gasteiger partial charge < -0.3 is 25.4 Å². The highest BCUT2D eigenvalue weighted by atomic mass is 16.2. The number of aromatic amines is 1. The molecule has 0 saturated carbocycles. The Morgan fingerprint density at radius 1 is 1.00 bits per heavy atom. The van der Waals surface area contributed by atoms with Crippen molar-refractivity contribution in [2.45, 2.75) is 33.7 Å². The molecule has 3 amide bonds. The van der Waals surface area contributed by atoms with Gasteiger partial charge in [-0.1, -0.05) is 29.8 Å². The molecule has 8 heteroatoms. The van der Waals surface area contributed by atoms with Gasteiger partial charge in [0.2, 0.25) is 0 Å². The van der Waals surface area contributed by atoms with Gasteiger partial charge in [-0.15, -0.1) is 0 Å². The molecule has 8 nitrogen and oxygen atoms in total. The first-order valence-electron chi connectivity index (χ1n) is 13.3. The van der Waals surface area contributed by atoms with E-state index in [1.54, 1.807) is 24.3 Å². The first-order chi connectivity index (χ1) is 18.6. The van der Waals surface area contributed by atoms with Crippen molar-refractivity contribution in [3.05, 3.63) is 87.2 Å². The number of hydrogen-bond acceptors (Lipinski definition) is 4. The minimum absolute atomic E-state index is 0.0110. The first kappa shape index (κ1) is 26.4. The van der Waals surface area contributed by atoms with Crippen LogP contribution in [0.15, 0.2) is 42.5 Å². The SMILES string of the molecule is Cc1ccc([C@@H](C)NC(=O)c2ccc3c(c2)/C(=C/c2[nH]c(C)c(C(=O)N4CCN(C)CC4)c2C)C(=O)N3)cc1. The third-order valence-electron chi connectivity index (χ3n) is 7.76. The fourth-order valence-corrected chi connectivity index (χ4v) is 5.24. The summed E-state index contributed by atoms with van der Waals surface area (Å²) in [5.74, 6) is -0.442. The van der Waals surface area contributed by atoms with Crippen molar-refractivity contribution < 1.29 is 14.4 Å². The lowest BCUT2D eigenvalue weighted by Crippen LogP contribution is -2.47. The summed E-state index contributed by atoms with van der Waals surface area (Å²) in [5.41, 5.74) is 7.39. The molecule has 2 aliphatic rings. The van der Waals surface area contributed by atoms with Crippen LogP contribution in [-0.2, 0) is 4.79 Å². The van der Waals surface area contributed by atoms with Crippen molar-refractivity contribution in [2.75, 3.05) is 38.5 Å². The number of anilines is 1. The third kappa shape index (κ3) is 5.25. The van der Waals surface area contributed by atoms with Crippen LogP contribution in [0.4, 0.5) is 5.69 Å². The summed E-state index contributed by atoms with van der Waals surface area (Å²) in [7, 11) is 2.06. The number of nitrogens with zero attached hydrogens (tertiary/aromatic N) is 2. The zero-order valence-electron chi connectivity index (χ0n) is 23.1. The predicted octanol–water partition coefficient (Wildman–Crippen LogP) is 4.31. The van der Waals surface area contributed by atoms with Gasteiger partial charge in [0.15, 0.2) is 0 Å². The van der Waals surface area contributed by atoms with E-state index in [9.17, 15) is 14.4 Å². The van der Waals surface area contributed by atoms with Crippen molar-refractivity contribution in [3.63, 3.8) is 0 Å². The number of nitrogens with one attached hydrogen (secondary N) is 3. The first-order valence-corrected chi connectivity index (χ1v) is 13.3. The molecule has 1 aromatic heterocycles. The number of rotatable bonds is 5. The molecule has 1 atom stereocenters. The van der Waals surface area contributed by atoms with Crippen molar-refractivity contribution >= 4 is 35.1 Å². The topological polar surface area (TPSA) is 97.5 Å². The van der Waals surface area contributed by atoms with Crippen LogP contribution in [0.2, 0.25) is 0 Å². The Morgan fingerprint density at radius 2 is 1.69 bits per heavy atom. The van der Waals surface area contributed by atoms with Crippen LogP contribution >= 0.6 is 0 Å². The molecule has 0 unspecified atom stereocenters. The van der Waals surface area contributed by atoms with Gasteiger partial charge in [-0.2, -0.15) is 0 Å². The number of likely N-dealkylation sites (N-methyl/N-ethyl adjacent to an activating group) is 1. The molecule has 3 aromatic rings. The Balaban J connectivity index is 1.40. The van der Waals surface area contributed by atoms with Crippen molar-refractivity contribution in [3.8, 4) is 0 Å². The number of H-pyrrole nitrogens is 1. The van der Waals surface area contributed by atoms with Gasteiger partial charge in [-0.05, 0) is 70.1 Å². The zero-order valence-corrected chi connectivity index (χ0v) is 23.1. The highest BCUT2D eigenvalue weighted by Crippen LogP contribution is 2.35. The molecule has 0 aliphatic carbocycles. The number of aromatic nitrogens is 1. The lowest BCUT2D eigenvalue weighted by molar-refractivity contribution is -0.110. The largest absolute Gasteiger partial charge is 0.358 e. The lowest BCUT2D eigenvalue weighted by Gasteiger charge is -2.32. The maximum Gasteiger partial charge on any atom is 0.256 e. The molecule has 2 aliphatic heterocycles. The van der Waals surface area contributed by atoms with Crippen LogP contribution in [0.5, 0.6) is 0 Å². The molecule has 2 aromatic carbocycles. The number of amides is 3. The van der Waals surface area contributed by atoms with Crippen LogP contribution in [-0.4, -0.2) is 65.7 Å². The van der Waals surface area contributed by atoms with Gasteiger partial charge in [-0.3, -0.25) is 14.4 Å². The Kier molecular flexibility index (Phi) is 7.14. The molecule has 1 fully saturated rings. The molecule has 0 spiro atoms. The van der Waals surface area contributed by atoms with E-state index in [1.807, 2.05) is 56.9 Å². The highest BCUT2D eigenvalue weighted by Gasteiger charge is 2.28. The van der Waals surface area contributed by atoms with Crippen molar-refractivity contribution in [1.29, 1.82) is 0 Å². The summed E-state index contributed by atoms with van der Waals surface area (Å²) in [6.07, 6.45) is 1.78. The fourth-order valence-electron chi connectivity index (χ4n) is 5.24. The number of fused-ring (bicyclic) bond motifs is 1. The number of carbonyl (C=O) groups excluding carboxylic acids is 3. The van der Waals surface area contributed by atoms with E-state index in [0.717, 1.165) is 35.5 Å². The van der Waals surface area contributed by atoms with E-state index in [2.05, 4.69) is 27.6 Å². The fraction of sp³-hybridized carbons (Fsp3) is 0.323. The van der Waals surface area contributed by atoms with Crippen molar-refractivity contribution in [1.82, 2.24) is 20.1 Å². The van der Waals surface area contributed by atoms with Gasteiger partial charge in [0.25, 0.3) is 17.7 Å². The van der Waals surface area contributed by atoms with E-state index in [-0.39, 0.29) is 23.8 Å². The molecule has 39 heavy (non-hydrogen) atoms. The second-order valence-corrected chi connectivity index (χ2v) is 10.6. The lowest BCUT2D eigenvalue weighted by atomic mass is 10.0. The molecule has 202 valence electrons. The molecule has 3 N–H and O–H groups in total. The van der Waals surface area contributed by atoms with Crippen LogP contribution in [0.3, 0.4) is 0 Å². The Labute approximate surface area is 229 Å². The Bertz CT molecular complexity index is 1480. The van der Waals surface area contributed by atoms with Gasteiger partial charge in [0, 0.05) is 54.4 Å². The summed E-state index contributed by atoms with van der Waals surface area (Å²) in [5, 5.41) is 5.94. The van der Waals surface area contributed by atoms with E-state index in [1.165, 1.54) is 0 Å². The zero-order chi connectivity index (χ0) is 27.8. The van der Waals surface area contributed by atoms with E-state index < -0.39 is 0 Å². The van der Waals surface area contributed by atoms with Crippen molar-refractivity contribution in [2.24, 2.45) is 0 Å². The minimum Gasteiger partial charge on any atom is -0.358 e. The smallest absolute Gasteiger partial charge is 0.256 e. The summed E-state index contributed by atoms with van der Waals surface area (Å²) in [4.78, 5) is 46.8. The Morgan fingerprint density at radius 3 is 2.38 bits per heavy atom. The van der Waals surface area contributed by atoms with Gasteiger partial charge >= 0.3 is 0 Å². The standard InChI is InChI=1S/C31H35N5O3/c1-18-6-8-22(9-7-18)20(3)33-29(37)23-10-11-26-24(16-23)25(30(38)34-26)17-27-19(2)28(21(4)32-27)31(39)36-14-12-35(5)13-15-36/h6-11,16-17,20,32H,12-15H2,1-5H3,(H,33,37)(H,34,38)/b25-17-/t20-/m1/s1. The molecule has 0 bridgehead atoms. The number of hydrogen-bond donors (Lipinski definition) is 3. The van der Waals surface area contributed by atoms with E-state index in [4.69, 9.17) is 0 Å². The summed E-state index contributed by atoms with van der Waals surface area (Å²) in [6, 6.07) is 13.1. The number of aryl methyl sites for hydroxylation is 2. The van der Waals surface area contributed by atoms with Gasteiger partial charge in [-0.25, -0.2) is 0 Å². The van der Waals surface area contributed by atoms with E-state index >= 15 is 0 Å². The number of benzene rings is 2. The van der Waals surface area contributed by atoms with Crippen LogP contribution in [0.1, 0.15) is 67.3 Å². The Hall–Kier alpha value is -4.17. The second kappa shape index (κ2) is 10.5. The number of carbonyl (C=O) groups is 3. The summed E-state index contributed by atoms with van der Waals surface area (Å²) >= 11 is 0. The quantitative estimate of drug-likeness (QED) is 0.433. The highest BCUT2D eigenvalue weighted by molar-refractivity contribution is 6.35. The van der Waals surface area contributed by atoms with Gasteiger partial charge in [0.05, 0.1) is 17.2 Å².